The first-order valence-corrected chi connectivity index (χ1v) is 10.5. The van der Waals surface area contributed by atoms with Gasteiger partial charge in [-0.2, -0.15) is 0 Å². The fourth-order valence-corrected chi connectivity index (χ4v) is 5.77. The first-order valence-electron chi connectivity index (χ1n) is 7.51. The van der Waals surface area contributed by atoms with Crippen LogP contribution in [-0.4, -0.2) is 23.4 Å². The van der Waals surface area contributed by atoms with Crippen molar-refractivity contribution in [1.82, 2.24) is 0 Å². The Hall–Kier alpha value is -1.90. The van der Waals surface area contributed by atoms with E-state index in [1.165, 1.54) is 28.6 Å². The lowest BCUT2D eigenvalue weighted by Gasteiger charge is -2.21. The molecule has 0 saturated heterocycles. The van der Waals surface area contributed by atoms with Gasteiger partial charge >= 0.3 is 0 Å². The van der Waals surface area contributed by atoms with E-state index >= 15 is 0 Å². The standard InChI is InChI=1S/C16H18N2O4S2/c1-2-12-7-8-14-13(11-12)9-10-18(14)24(21,22)16-6-4-3-5-15(16)23(17,19)20/h3-8,11H,2,9-10H2,1H3,(H2,17,19,20). The van der Waals surface area contributed by atoms with Crippen molar-refractivity contribution in [3.63, 3.8) is 0 Å². The van der Waals surface area contributed by atoms with Crippen LogP contribution in [0.3, 0.4) is 0 Å². The number of primary sulfonamides is 1. The minimum atomic E-state index is -4.14. The predicted octanol–water partition coefficient (Wildman–Crippen LogP) is 1.65. The second-order valence-corrected chi connectivity index (χ2v) is 9.00. The fraction of sp³-hybridized carbons (Fsp3) is 0.250. The van der Waals surface area contributed by atoms with Crippen molar-refractivity contribution in [3.05, 3.63) is 53.6 Å². The van der Waals surface area contributed by atoms with Crippen LogP contribution in [0.25, 0.3) is 0 Å². The van der Waals surface area contributed by atoms with Crippen molar-refractivity contribution in [2.24, 2.45) is 5.14 Å². The molecule has 128 valence electrons. The lowest BCUT2D eigenvalue weighted by molar-refractivity contribution is 0.581. The average molecular weight is 366 g/mol. The summed E-state index contributed by atoms with van der Waals surface area (Å²) in [6.07, 6.45) is 1.47. The third-order valence-corrected chi connectivity index (χ3v) is 7.10. The van der Waals surface area contributed by atoms with Gasteiger partial charge in [0.15, 0.2) is 0 Å². The number of hydrogen-bond donors (Lipinski definition) is 1. The molecule has 8 heteroatoms. The van der Waals surface area contributed by atoms with Crippen LogP contribution in [0.2, 0.25) is 0 Å². The molecule has 0 aliphatic carbocycles. The molecule has 0 unspecified atom stereocenters. The van der Waals surface area contributed by atoms with Crippen molar-refractivity contribution < 1.29 is 16.8 Å². The van der Waals surface area contributed by atoms with Crippen LogP contribution in [-0.2, 0) is 32.9 Å². The van der Waals surface area contributed by atoms with Crippen molar-refractivity contribution in [2.75, 3.05) is 10.8 Å². The number of aryl methyl sites for hydroxylation is 1. The average Bonchev–Trinajstić information content (AvgIpc) is 2.97. The molecule has 0 bridgehead atoms. The van der Waals surface area contributed by atoms with Crippen LogP contribution in [0.1, 0.15) is 18.1 Å². The predicted molar refractivity (Wildman–Crippen MR) is 91.9 cm³/mol. The summed E-state index contributed by atoms with van der Waals surface area (Å²) in [6, 6.07) is 11.1. The highest BCUT2D eigenvalue weighted by Gasteiger charge is 2.34. The largest absolute Gasteiger partial charge is 0.266 e. The minimum Gasteiger partial charge on any atom is -0.266 e. The fourth-order valence-electron chi connectivity index (χ4n) is 2.91. The zero-order valence-electron chi connectivity index (χ0n) is 13.1. The Morgan fingerprint density at radius 3 is 2.33 bits per heavy atom. The maximum absolute atomic E-state index is 13.0. The molecule has 6 nitrogen and oxygen atoms in total. The van der Waals surface area contributed by atoms with Gasteiger partial charge in [0.1, 0.15) is 9.79 Å². The second-order valence-electron chi connectivity index (χ2n) is 5.64. The van der Waals surface area contributed by atoms with Gasteiger partial charge in [-0.1, -0.05) is 31.2 Å². The Morgan fingerprint density at radius 2 is 1.71 bits per heavy atom. The van der Waals surface area contributed by atoms with Crippen LogP contribution in [0, 0.1) is 0 Å². The third kappa shape index (κ3) is 2.81. The Balaban J connectivity index is 2.13. The number of nitrogens with two attached hydrogens (primary N) is 1. The molecule has 0 spiro atoms. The molecule has 1 heterocycles. The zero-order valence-corrected chi connectivity index (χ0v) is 14.8. The highest BCUT2D eigenvalue weighted by atomic mass is 32.2. The lowest BCUT2D eigenvalue weighted by atomic mass is 10.1. The van der Waals surface area contributed by atoms with Crippen LogP contribution in [0.15, 0.2) is 52.3 Å². The number of rotatable bonds is 4. The molecule has 0 radical (unpaired) electrons. The van der Waals surface area contributed by atoms with E-state index in [0.717, 1.165) is 17.5 Å². The van der Waals surface area contributed by atoms with Crippen molar-refractivity contribution >= 4 is 25.7 Å². The van der Waals surface area contributed by atoms with Crippen LogP contribution < -0.4 is 9.44 Å². The van der Waals surface area contributed by atoms with E-state index in [4.69, 9.17) is 5.14 Å². The number of anilines is 1. The Bertz CT molecular complexity index is 998. The first-order chi connectivity index (χ1) is 11.2. The number of benzene rings is 2. The van der Waals surface area contributed by atoms with Crippen molar-refractivity contribution in [2.45, 2.75) is 29.6 Å². The molecule has 2 aromatic rings. The number of sulfonamides is 2. The van der Waals surface area contributed by atoms with Gasteiger partial charge in [0.2, 0.25) is 10.0 Å². The lowest BCUT2D eigenvalue weighted by Crippen LogP contribution is -2.31. The molecule has 1 aliphatic rings. The van der Waals surface area contributed by atoms with Crippen LogP contribution in [0.5, 0.6) is 0 Å². The molecule has 0 saturated carbocycles. The van der Waals surface area contributed by atoms with E-state index in [1.54, 1.807) is 6.07 Å². The molecule has 0 fully saturated rings. The van der Waals surface area contributed by atoms with Crippen molar-refractivity contribution in [3.8, 4) is 0 Å². The summed E-state index contributed by atoms with van der Waals surface area (Å²) in [6.45, 7) is 2.32. The third-order valence-electron chi connectivity index (χ3n) is 4.13. The Kier molecular flexibility index (Phi) is 4.15. The van der Waals surface area contributed by atoms with Gasteiger partial charge in [0, 0.05) is 6.54 Å². The van der Waals surface area contributed by atoms with Gasteiger partial charge in [-0.15, -0.1) is 0 Å². The Labute approximate surface area is 142 Å². The summed E-state index contributed by atoms with van der Waals surface area (Å²) in [5, 5.41) is 5.17. The van der Waals surface area contributed by atoms with Gasteiger partial charge in [-0.05, 0) is 42.2 Å². The monoisotopic (exact) mass is 366 g/mol. The van der Waals surface area contributed by atoms with Gasteiger partial charge in [0.05, 0.1) is 5.69 Å². The molecule has 0 aromatic heterocycles. The molecule has 1 aliphatic heterocycles. The Morgan fingerprint density at radius 1 is 1.04 bits per heavy atom. The van der Waals surface area contributed by atoms with E-state index in [9.17, 15) is 16.8 Å². The summed E-state index contributed by atoms with van der Waals surface area (Å²) in [4.78, 5) is -0.677. The quantitative estimate of drug-likeness (QED) is 0.889. The molecule has 24 heavy (non-hydrogen) atoms. The summed E-state index contributed by atoms with van der Waals surface area (Å²) in [5.74, 6) is 0. The SMILES string of the molecule is CCc1ccc2c(c1)CCN2S(=O)(=O)c1ccccc1S(N)(=O)=O. The summed E-state index contributed by atoms with van der Waals surface area (Å²) >= 11 is 0. The molecular weight excluding hydrogens is 348 g/mol. The van der Waals surface area contributed by atoms with Crippen LogP contribution in [0.4, 0.5) is 5.69 Å². The molecular formula is C16H18N2O4S2. The number of hydrogen-bond acceptors (Lipinski definition) is 4. The van der Waals surface area contributed by atoms with Gasteiger partial charge < -0.3 is 0 Å². The zero-order chi connectivity index (χ0) is 17.5. The molecule has 0 amide bonds. The highest BCUT2D eigenvalue weighted by molar-refractivity contribution is 7.94. The van der Waals surface area contributed by atoms with E-state index in [1.807, 2.05) is 19.1 Å². The molecule has 0 atom stereocenters. The van der Waals surface area contributed by atoms with E-state index < -0.39 is 20.0 Å². The molecule has 2 N–H and O–H groups in total. The molecule has 3 rings (SSSR count). The number of fused-ring (bicyclic) bond motifs is 1. The topological polar surface area (TPSA) is 97.5 Å². The second kappa shape index (κ2) is 5.87. The first kappa shape index (κ1) is 16.9. The maximum atomic E-state index is 13.0. The minimum absolute atomic E-state index is 0.282. The molecule has 2 aromatic carbocycles. The van der Waals surface area contributed by atoms with E-state index in [2.05, 4.69) is 0 Å². The summed E-state index contributed by atoms with van der Waals surface area (Å²) in [7, 11) is -8.15. The normalized spacial score (nSPS) is 14.7. The van der Waals surface area contributed by atoms with E-state index in [-0.39, 0.29) is 16.3 Å². The van der Waals surface area contributed by atoms with Gasteiger partial charge in [-0.3, -0.25) is 4.31 Å². The highest BCUT2D eigenvalue weighted by Crippen LogP contribution is 2.35. The summed E-state index contributed by atoms with van der Waals surface area (Å²) in [5.41, 5.74) is 2.68. The maximum Gasteiger partial charge on any atom is 0.265 e. The van der Waals surface area contributed by atoms with Gasteiger partial charge in [0.25, 0.3) is 10.0 Å². The smallest absolute Gasteiger partial charge is 0.265 e. The van der Waals surface area contributed by atoms with Gasteiger partial charge in [-0.25, -0.2) is 22.0 Å². The van der Waals surface area contributed by atoms with Crippen LogP contribution >= 0.6 is 0 Å². The summed E-state index contributed by atoms with van der Waals surface area (Å²) < 4.78 is 50.8. The van der Waals surface area contributed by atoms with E-state index in [0.29, 0.717) is 12.1 Å². The van der Waals surface area contributed by atoms with Crippen molar-refractivity contribution in [1.29, 1.82) is 0 Å². The number of nitrogens with zero attached hydrogens (tertiary/aromatic N) is 1.